The number of aryl methyl sites for hydroxylation is 1. The van der Waals surface area contributed by atoms with Crippen LogP contribution in [-0.2, 0) is 5.54 Å². The van der Waals surface area contributed by atoms with Gasteiger partial charge in [-0.05, 0) is 44.6 Å². The molecule has 4 nitrogen and oxygen atoms in total. The Balaban J connectivity index is 1.82. The molecule has 3 rings (SSSR count). The number of rotatable bonds is 3. The Morgan fingerprint density at radius 1 is 1.33 bits per heavy atom. The molecule has 0 atom stereocenters. The Hall–Kier alpha value is -1.68. The van der Waals surface area contributed by atoms with Gasteiger partial charge in [-0.2, -0.15) is 4.98 Å². The molecule has 1 aliphatic rings. The number of nitrogens with two attached hydrogens (primary N) is 1. The predicted octanol–water partition coefficient (Wildman–Crippen LogP) is 3.80. The van der Waals surface area contributed by atoms with E-state index in [4.69, 9.17) is 10.3 Å². The van der Waals surface area contributed by atoms with Crippen LogP contribution in [0.15, 0.2) is 28.8 Å². The van der Waals surface area contributed by atoms with Crippen molar-refractivity contribution in [2.45, 2.75) is 51.5 Å². The summed E-state index contributed by atoms with van der Waals surface area (Å²) in [6.45, 7) is 4.30. The van der Waals surface area contributed by atoms with Gasteiger partial charge in [0.05, 0.1) is 5.54 Å². The van der Waals surface area contributed by atoms with Crippen molar-refractivity contribution in [1.82, 2.24) is 10.1 Å². The molecule has 1 aliphatic carbocycles. The number of hydrogen-bond donors (Lipinski definition) is 1. The van der Waals surface area contributed by atoms with Crippen LogP contribution in [0.3, 0.4) is 0 Å². The van der Waals surface area contributed by atoms with Crippen LogP contribution in [0.25, 0.3) is 11.4 Å². The van der Waals surface area contributed by atoms with Crippen LogP contribution in [0.1, 0.15) is 50.5 Å². The number of benzene rings is 1. The maximum absolute atomic E-state index is 6.52. The minimum absolute atomic E-state index is 0.444. The van der Waals surface area contributed by atoms with Crippen LogP contribution >= 0.6 is 0 Å². The first-order valence-corrected chi connectivity index (χ1v) is 7.81. The first-order valence-electron chi connectivity index (χ1n) is 7.81. The van der Waals surface area contributed by atoms with Gasteiger partial charge in [-0.3, -0.25) is 0 Å². The molecular formula is C17H23N3O. The third-order valence-electron chi connectivity index (χ3n) is 4.70. The molecule has 0 saturated heterocycles. The van der Waals surface area contributed by atoms with Crippen molar-refractivity contribution in [3.05, 3.63) is 35.7 Å². The van der Waals surface area contributed by atoms with Crippen LogP contribution in [0.2, 0.25) is 0 Å². The van der Waals surface area contributed by atoms with Crippen molar-refractivity contribution >= 4 is 0 Å². The molecule has 2 aromatic rings. The predicted molar refractivity (Wildman–Crippen MR) is 82.6 cm³/mol. The van der Waals surface area contributed by atoms with Crippen LogP contribution in [0.5, 0.6) is 0 Å². The first kappa shape index (κ1) is 14.3. The van der Waals surface area contributed by atoms with E-state index >= 15 is 0 Å². The summed E-state index contributed by atoms with van der Waals surface area (Å²) in [5.74, 6) is 2.02. The van der Waals surface area contributed by atoms with E-state index < -0.39 is 5.54 Å². The van der Waals surface area contributed by atoms with Gasteiger partial charge in [0.1, 0.15) is 0 Å². The van der Waals surface area contributed by atoms with E-state index in [9.17, 15) is 0 Å². The lowest BCUT2D eigenvalue weighted by atomic mass is 9.76. The number of nitrogens with zero attached hydrogens (tertiary/aromatic N) is 2. The average Bonchev–Trinajstić information content (AvgIpc) is 2.99. The molecular weight excluding hydrogens is 262 g/mol. The minimum atomic E-state index is -0.444. The normalized spacial score (nSPS) is 26.0. The summed E-state index contributed by atoms with van der Waals surface area (Å²) >= 11 is 0. The Bertz CT molecular complexity index is 612. The molecule has 2 N–H and O–H groups in total. The lowest BCUT2D eigenvalue weighted by molar-refractivity contribution is 0.181. The number of hydrogen-bond acceptors (Lipinski definition) is 4. The van der Waals surface area contributed by atoms with Gasteiger partial charge in [0.15, 0.2) is 0 Å². The second-order valence-corrected chi connectivity index (χ2v) is 6.30. The van der Waals surface area contributed by atoms with Crippen LogP contribution in [0.4, 0.5) is 0 Å². The summed E-state index contributed by atoms with van der Waals surface area (Å²) in [6.07, 6.45) is 5.39. The van der Waals surface area contributed by atoms with E-state index in [1.165, 1.54) is 12.0 Å². The zero-order chi connectivity index (χ0) is 14.9. The standard InChI is InChI=1S/C17H23N3O/c1-3-13-7-9-17(18,10-8-13)16-19-15(20-21-16)14-6-4-5-12(2)11-14/h4-6,11,13H,3,7-10,18H2,1-2H3. The van der Waals surface area contributed by atoms with Gasteiger partial charge < -0.3 is 10.3 Å². The average molecular weight is 285 g/mol. The highest BCUT2D eigenvalue weighted by atomic mass is 16.5. The van der Waals surface area contributed by atoms with Gasteiger partial charge in [-0.25, -0.2) is 0 Å². The fourth-order valence-corrected chi connectivity index (χ4v) is 3.14. The molecule has 0 spiro atoms. The van der Waals surface area contributed by atoms with Crippen LogP contribution < -0.4 is 5.73 Å². The Kier molecular flexibility index (Phi) is 3.81. The zero-order valence-corrected chi connectivity index (χ0v) is 12.8. The third kappa shape index (κ3) is 2.86. The van der Waals surface area contributed by atoms with Crippen molar-refractivity contribution in [3.8, 4) is 11.4 Å². The highest BCUT2D eigenvalue weighted by Gasteiger charge is 2.37. The van der Waals surface area contributed by atoms with Crippen molar-refractivity contribution in [3.63, 3.8) is 0 Å². The monoisotopic (exact) mass is 285 g/mol. The van der Waals surface area contributed by atoms with Gasteiger partial charge in [0.2, 0.25) is 11.7 Å². The molecule has 0 aliphatic heterocycles. The largest absolute Gasteiger partial charge is 0.337 e. The molecule has 0 unspecified atom stereocenters. The Labute approximate surface area is 125 Å². The molecule has 0 radical (unpaired) electrons. The third-order valence-corrected chi connectivity index (χ3v) is 4.70. The Morgan fingerprint density at radius 2 is 2.10 bits per heavy atom. The molecule has 1 saturated carbocycles. The van der Waals surface area contributed by atoms with E-state index in [1.54, 1.807) is 0 Å². The van der Waals surface area contributed by atoms with Crippen molar-refractivity contribution in [2.24, 2.45) is 11.7 Å². The highest BCUT2D eigenvalue weighted by Crippen LogP contribution is 2.38. The van der Waals surface area contributed by atoms with Gasteiger partial charge >= 0.3 is 0 Å². The summed E-state index contributed by atoms with van der Waals surface area (Å²) < 4.78 is 5.48. The number of aromatic nitrogens is 2. The second kappa shape index (κ2) is 5.60. The SMILES string of the molecule is CCC1CCC(N)(c2nc(-c3cccc(C)c3)no2)CC1. The summed E-state index contributed by atoms with van der Waals surface area (Å²) in [4.78, 5) is 4.57. The lowest BCUT2D eigenvalue weighted by Crippen LogP contribution is -2.40. The van der Waals surface area contributed by atoms with Crippen molar-refractivity contribution in [2.75, 3.05) is 0 Å². The van der Waals surface area contributed by atoms with Crippen LogP contribution in [0, 0.1) is 12.8 Å². The highest BCUT2D eigenvalue weighted by molar-refractivity contribution is 5.55. The topological polar surface area (TPSA) is 64.9 Å². The van der Waals surface area contributed by atoms with E-state index in [2.05, 4.69) is 36.1 Å². The molecule has 0 bridgehead atoms. The zero-order valence-electron chi connectivity index (χ0n) is 12.8. The van der Waals surface area contributed by atoms with Gasteiger partial charge in [0, 0.05) is 5.56 Å². The van der Waals surface area contributed by atoms with Gasteiger partial charge in [-0.1, -0.05) is 42.3 Å². The molecule has 1 aromatic carbocycles. The summed E-state index contributed by atoms with van der Waals surface area (Å²) in [5, 5.41) is 4.12. The molecule has 112 valence electrons. The second-order valence-electron chi connectivity index (χ2n) is 6.30. The molecule has 4 heteroatoms. The molecule has 0 amide bonds. The smallest absolute Gasteiger partial charge is 0.247 e. The molecule has 1 aromatic heterocycles. The summed E-state index contributed by atoms with van der Waals surface area (Å²) in [6, 6.07) is 8.12. The summed E-state index contributed by atoms with van der Waals surface area (Å²) in [5.41, 5.74) is 8.25. The van der Waals surface area contributed by atoms with Crippen molar-refractivity contribution in [1.29, 1.82) is 0 Å². The molecule has 1 fully saturated rings. The van der Waals surface area contributed by atoms with Crippen LogP contribution in [-0.4, -0.2) is 10.1 Å². The molecule has 1 heterocycles. The lowest BCUT2D eigenvalue weighted by Gasteiger charge is -2.33. The summed E-state index contributed by atoms with van der Waals surface area (Å²) in [7, 11) is 0. The minimum Gasteiger partial charge on any atom is -0.337 e. The maximum atomic E-state index is 6.52. The molecule has 21 heavy (non-hydrogen) atoms. The first-order chi connectivity index (χ1) is 10.1. The van der Waals surface area contributed by atoms with E-state index in [-0.39, 0.29) is 0 Å². The van der Waals surface area contributed by atoms with Gasteiger partial charge in [0.25, 0.3) is 0 Å². The quantitative estimate of drug-likeness (QED) is 0.931. The Morgan fingerprint density at radius 3 is 2.76 bits per heavy atom. The maximum Gasteiger partial charge on any atom is 0.247 e. The van der Waals surface area contributed by atoms with E-state index in [0.717, 1.165) is 37.2 Å². The van der Waals surface area contributed by atoms with E-state index in [0.29, 0.717) is 11.7 Å². The van der Waals surface area contributed by atoms with E-state index in [1.807, 2.05) is 12.1 Å². The fourth-order valence-electron chi connectivity index (χ4n) is 3.14. The van der Waals surface area contributed by atoms with Crippen molar-refractivity contribution < 1.29 is 4.52 Å². The fraction of sp³-hybridized carbons (Fsp3) is 0.529. The van der Waals surface area contributed by atoms with Gasteiger partial charge in [-0.15, -0.1) is 0 Å².